The molecule has 1 saturated carbocycles. The van der Waals surface area contributed by atoms with Gasteiger partial charge in [-0.05, 0) is 130 Å². The number of ether oxygens (including phenoxy) is 2. The molecule has 7 atom stereocenters. The molecule has 0 unspecified atom stereocenters. The summed E-state index contributed by atoms with van der Waals surface area (Å²) in [5.74, 6) is 0.908. The largest absolute Gasteiger partial charge is 0.490 e. The second-order valence-corrected chi connectivity index (χ2v) is 21.1. The zero-order chi connectivity index (χ0) is 39.2. The number of aryl methyl sites for hydroxylation is 1. The molecule has 6 aliphatic rings. The summed E-state index contributed by atoms with van der Waals surface area (Å²) in [6.45, 7) is 16.1. The average Bonchev–Trinajstić information content (AvgIpc) is 3.31. The molecule has 3 fully saturated rings. The molecule has 4 aliphatic heterocycles. The minimum Gasteiger partial charge on any atom is -0.490 e. The first-order valence-electron chi connectivity index (χ1n) is 21.5. The maximum atomic E-state index is 13.8. The van der Waals surface area contributed by atoms with E-state index in [0.29, 0.717) is 43.1 Å². The Morgan fingerprint density at radius 3 is 2.68 bits per heavy atom. The Kier molecular flexibility index (Phi) is 11.6. The zero-order valence-corrected chi connectivity index (χ0v) is 35.6. The van der Waals surface area contributed by atoms with Crippen LogP contribution in [0.2, 0.25) is 5.02 Å². The number of hydrogen-bond acceptors (Lipinski definition) is 8. The molecule has 2 aliphatic carbocycles. The molecular formula is C45H63ClN4O5S. The van der Waals surface area contributed by atoms with E-state index in [1.807, 2.05) is 25.1 Å². The number of nitrogens with one attached hydrogen (secondary N) is 1. The molecule has 0 aromatic heterocycles. The second-order valence-electron chi connectivity index (χ2n) is 18.6. The first-order chi connectivity index (χ1) is 26.8. The zero-order valence-electron chi connectivity index (χ0n) is 34.0. The fraction of sp³-hybridized carbons (Fsp3) is 0.667. The molecule has 1 N–H and O–H groups in total. The molecule has 1 amide bonds. The van der Waals surface area contributed by atoms with E-state index in [9.17, 15) is 13.2 Å². The van der Waals surface area contributed by atoms with Gasteiger partial charge in [0.2, 0.25) is 10.0 Å². The van der Waals surface area contributed by atoms with Crippen LogP contribution >= 0.6 is 11.6 Å². The summed E-state index contributed by atoms with van der Waals surface area (Å²) in [6, 6.07) is 12.4. The van der Waals surface area contributed by atoms with Crippen molar-refractivity contribution in [2.24, 2.45) is 23.7 Å². The SMILES string of the molecule is CC(C)CO[C@]1(CN2CCN3CCCC[C@@H]3C2)/C=C\C[C@H](C)[C@@H](C)S(=O)(=O)NC(=O)c2ccc3c(c2)N(C[C@@H]2CC[C@H]21)C[C@@]1(CCCc2cc(Cl)ccc21)CO3. The molecule has 56 heavy (non-hydrogen) atoms. The Morgan fingerprint density at radius 1 is 1.02 bits per heavy atom. The van der Waals surface area contributed by atoms with Crippen molar-refractivity contribution in [2.45, 2.75) is 108 Å². The number of carbonyl (C=O) groups is 1. The standard InChI is InChI=1S/C45H63ClN4O5S/c1-31(2)27-55-45(29-48-21-22-49-20-6-5-11-38(49)26-48)19-7-9-32(3)33(4)56(52,53)47-43(51)35-13-17-42-41(24-35)50(25-36-12-15-40(36)45)28-44(30-54-42)18-8-10-34-23-37(46)14-16-39(34)44/h7,13-14,16-17,19,23-24,31-33,36,38,40H,5-6,8-12,15,18,20-22,25-30H2,1-4H3,(H,47,51)/b19-7-/t32-,33+,36-,38+,40+,44-,45-/m0/s1. The number of carbonyl (C=O) groups excluding carboxylic acids is 1. The second kappa shape index (κ2) is 16.2. The predicted octanol–water partition coefficient (Wildman–Crippen LogP) is 7.46. The van der Waals surface area contributed by atoms with Crippen LogP contribution in [0.5, 0.6) is 5.75 Å². The molecule has 1 spiro atoms. The van der Waals surface area contributed by atoms with E-state index >= 15 is 0 Å². The van der Waals surface area contributed by atoms with Crippen LogP contribution in [0.15, 0.2) is 48.6 Å². The van der Waals surface area contributed by atoms with Crippen molar-refractivity contribution >= 4 is 33.2 Å². The lowest BCUT2D eigenvalue weighted by molar-refractivity contribution is -0.125. The van der Waals surface area contributed by atoms with E-state index in [0.717, 1.165) is 87.8 Å². The summed E-state index contributed by atoms with van der Waals surface area (Å²) in [4.78, 5) is 21.6. The number of sulfonamides is 1. The van der Waals surface area contributed by atoms with Crippen LogP contribution < -0.4 is 14.4 Å². The first kappa shape index (κ1) is 40.2. The minimum atomic E-state index is -3.96. The quantitative estimate of drug-likeness (QED) is 0.312. The van der Waals surface area contributed by atoms with Gasteiger partial charge in [-0.15, -0.1) is 0 Å². The summed E-state index contributed by atoms with van der Waals surface area (Å²) >= 11 is 6.55. The van der Waals surface area contributed by atoms with Gasteiger partial charge < -0.3 is 14.4 Å². The number of piperidine rings is 1. The van der Waals surface area contributed by atoms with Gasteiger partial charge in [-0.2, -0.15) is 0 Å². The molecule has 2 saturated heterocycles. The third-order valence-electron chi connectivity index (χ3n) is 14.3. The fourth-order valence-corrected chi connectivity index (χ4v) is 12.2. The van der Waals surface area contributed by atoms with Crippen LogP contribution in [0.25, 0.3) is 0 Å². The Hall–Kier alpha value is -2.63. The normalized spacial score (nSPS) is 34.3. The number of anilines is 1. The number of hydrogen-bond donors (Lipinski definition) is 1. The number of benzene rings is 2. The Labute approximate surface area is 340 Å². The maximum absolute atomic E-state index is 13.8. The molecular weight excluding hydrogens is 744 g/mol. The van der Waals surface area contributed by atoms with Gasteiger partial charge in [0.15, 0.2) is 0 Å². The monoisotopic (exact) mass is 806 g/mol. The lowest BCUT2D eigenvalue weighted by Gasteiger charge is -2.53. The molecule has 8 rings (SSSR count). The Bertz CT molecular complexity index is 1910. The molecule has 2 aromatic rings. The van der Waals surface area contributed by atoms with E-state index < -0.39 is 26.8 Å². The minimum absolute atomic E-state index is 0.212. The van der Waals surface area contributed by atoms with E-state index in [2.05, 4.69) is 57.6 Å². The maximum Gasteiger partial charge on any atom is 0.264 e. The van der Waals surface area contributed by atoms with Gasteiger partial charge in [0.1, 0.15) is 11.4 Å². The van der Waals surface area contributed by atoms with E-state index in [1.54, 1.807) is 13.0 Å². The van der Waals surface area contributed by atoms with Gasteiger partial charge in [-0.1, -0.05) is 57.0 Å². The third-order valence-corrected chi connectivity index (χ3v) is 16.5. The summed E-state index contributed by atoms with van der Waals surface area (Å²) < 4.78 is 44.0. The van der Waals surface area contributed by atoms with Crippen molar-refractivity contribution in [3.8, 4) is 5.75 Å². The van der Waals surface area contributed by atoms with Crippen molar-refractivity contribution in [2.75, 3.05) is 63.9 Å². The molecule has 9 nitrogen and oxygen atoms in total. The smallest absolute Gasteiger partial charge is 0.264 e. The lowest BCUT2D eigenvalue weighted by atomic mass is 9.63. The highest BCUT2D eigenvalue weighted by molar-refractivity contribution is 7.90. The number of amides is 1. The van der Waals surface area contributed by atoms with Crippen LogP contribution in [-0.2, 0) is 26.6 Å². The number of piperazine rings is 1. The predicted molar refractivity (Wildman–Crippen MR) is 224 cm³/mol. The number of allylic oxidation sites excluding steroid dienone is 1. The van der Waals surface area contributed by atoms with Crippen molar-refractivity contribution in [3.63, 3.8) is 0 Å². The van der Waals surface area contributed by atoms with Gasteiger partial charge in [-0.25, -0.2) is 13.1 Å². The summed E-state index contributed by atoms with van der Waals surface area (Å²) in [5, 5.41) is -0.0165. The first-order valence-corrected chi connectivity index (χ1v) is 23.4. The molecule has 306 valence electrons. The number of halogens is 1. The number of rotatable bonds is 5. The van der Waals surface area contributed by atoms with Crippen LogP contribution in [0.3, 0.4) is 0 Å². The van der Waals surface area contributed by atoms with Gasteiger partial charge >= 0.3 is 0 Å². The number of fused-ring (bicyclic) bond motifs is 5. The Morgan fingerprint density at radius 2 is 1.88 bits per heavy atom. The number of nitrogens with zero attached hydrogens (tertiary/aromatic N) is 3. The Balaban J connectivity index is 1.21. The van der Waals surface area contributed by atoms with Crippen molar-refractivity contribution in [3.05, 3.63) is 70.3 Å². The third kappa shape index (κ3) is 8.03. The van der Waals surface area contributed by atoms with Crippen LogP contribution in [0, 0.1) is 23.7 Å². The lowest BCUT2D eigenvalue weighted by Crippen LogP contribution is -2.61. The van der Waals surface area contributed by atoms with Crippen molar-refractivity contribution < 1.29 is 22.7 Å². The van der Waals surface area contributed by atoms with E-state index in [4.69, 9.17) is 21.1 Å². The van der Waals surface area contributed by atoms with Crippen molar-refractivity contribution in [1.82, 2.24) is 14.5 Å². The van der Waals surface area contributed by atoms with Gasteiger partial charge in [-0.3, -0.25) is 14.6 Å². The molecule has 0 radical (unpaired) electrons. The van der Waals surface area contributed by atoms with Crippen molar-refractivity contribution in [1.29, 1.82) is 0 Å². The summed E-state index contributed by atoms with van der Waals surface area (Å²) in [7, 11) is -3.96. The summed E-state index contributed by atoms with van der Waals surface area (Å²) in [5.41, 5.74) is 2.97. The van der Waals surface area contributed by atoms with E-state index in [1.165, 1.54) is 36.9 Å². The molecule has 11 heteroatoms. The highest BCUT2D eigenvalue weighted by Crippen LogP contribution is 2.50. The fourth-order valence-electron chi connectivity index (χ4n) is 10.8. The van der Waals surface area contributed by atoms with Crippen LogP contribution in [-0.4, -0.2) is 100 Å². The van der Waals surface area contributed by atoms with Gasteiger partial charge in [0.25, 0.3) is 5.91 Å². The molecule has 2 aromatic carbocycles. The highest BCUT2D eigenvalue weighted by Gasteiger charge is 2.51. The summed E-state index contributed by atoms with van der Waals surface area (Å²) in [6.07, 6.45) is 14.2. The van der Waals surface area contributed by atoms with Crippen LogP contribution in [0.4, 0.5) is 5.69 Å². The molecule has 4 heterocycles. The van der Waals surface area contributed by atoms with Crippen LogP contribution in [0.1, 0.15) is 101 Å². The van der Waals surface area contributed by atoms with E-state index in [-0.39, 0.29) is 17.3 Å². The van der Waals surface area contributed by atoms with Gasteiger partial charge in [0, 0.05) is 61.3 Å². The van der Waals surface area contributed by atoms with Gasteiger partial charge in [0.05, 0.1) is 24.2 Å². The highest BCUT2D eigenvalue weighted by atomic mass is 35.5. The average molecular weight is 808 g/mol. The topological polar surface area (TPSA) is 91.4 Å². The molecule has 2 bridgehead atoms.